The molecule has 7 aromatic carbocycles. The average Bonchev–Trinajstić information content (AvgIpc) is 1.64. The van der Waals surface area contributed by atoms with Crippen LogP contribution < -0.4 is 26.0 Å². The second-order valence-corrected chi connectivity index (χ2v) is 24.6. The number of hydrogen-bond donors (Lipinski definition) is 4. The number of fused-ring (bicyclic) bond motifs is 4. The van der Waals surface area contributed by atoms with Crippen molar-refractivity contribution in [3.8, 4) is 11.9 Å². The van der Waals surface area contributed by atoms with Gasteiger partial charge < -0.3 is 30.2 Å². The molecule has 1 aliphatic heterocycles. The molecule has 0 fully saturated rings. The number of sulfonamides is 1. The standard InChI is InChI=1S/C31H24N2O4.C27H24N2O2.C19H21N5O4S/c1-3-27(34)37-18-20-10-14-22(15-11-20)33-26-17-16-25(32-21-12-8-19(2)9-13-21)28-29(26)31(36)24-7-5-4-6-23(24)30(28)35;1-5-15-29-17(4)23(19-12-8-10-14-21(19)29)25-26(30)24(27(25)31)22-16(3)28(6-2)20-13-9-7-11-18(20)22;1-4-10-21-29(27,28)15-8-6-14(7-9-15)22-23-17-13(3)16(12-20)18(25)24(11-5-2)19(17)26/h3-17,32-33H,1,18H2,2H3;5,7-14H,1,6,15H2,2-4H3;4,6-9,21,25H,1,5,10-11H2,2-3H3. The van der Waals surface area contributed by atoms with Crippen molar-refractivity contribution in [3.63, 3.8) is 0 Å². The Kier molecular flexibility index (Phi) is 20.4. The number of hydrogen-bond acceptors (Lipinski definition) is 15. The lowest BCUT2D eigenvalue weighted by Crippen LogP contribution is -2.31. The fourth-order valence-electron chi connectivity index (χ4n) is 11.9. The van der Waals surface area contributed by atoms with Crippen LogP contribution in [0.4, 0.5) is 39.8 Å². The molecule has 0 radical (unpaired) electrons. The van der Waals surface area contributed by atoms with Crippen LogP contribution in [0.1, 0.15) is 98.1 Å². The number of aryl methyl sites for hydroxylation is 2. The molecular formula is C77H69N9O10S. The molecule has 4 N–H and O–H groups in total. The SMILES string of the molecule is C=CC(=O)OCc1ccc(Nc2ccc(Nc3ccc(C)cc3)c3c2C(=O)c2ccccc2C3=O)cc1.C=CCNS(=O)(=O)c1ccc(N=Nc2c(C)c(C#N)c(O)n(CCC)c2=O)cc1.C=CC[N+]1=C(C)C(=C2C(=O)C(c3c(C)n(CC)c4ccccc34)=C2[O-])c2ccccc21. The summed E-state index contributed by atoms with van der Waals surface area (Å²) in [6.07, 6.45) is 4.96. The number of ether oxygens (including phenoxy) is 1. The largest absolute Gasteiger partial charge is 0.871 e. The first-order valence-corrected chi connectivity index (χ1v) is 32.6. The van der Waals surface area contributed by atoms with Crippen molar-refractivity contribution < 1.29 is 47.1 Å². The molecule has 0 amide bonds. The fraction of sp³-hybridized carbons (Fsp3) is 0.156. The number of aromatic hydroxyl groups is 1. The predicted octanol–water partition coefficient (Wildman–Crippen LogP) is 13.9. The molecule has 0 spiro atoms. The van der Waals surface area contributed by atoms with Crippen LogP contribution in [-0.2, 0) is 44.0 Å². The normalized spacial score (nSPS) is 13.7. The number of ketones is 3. The topological polar surface area (TPSA) is 269 Å². The van der Waals surface area contributed by atoms with Gasteiger partial charge in [0.15, 0.2) is 35.3 Å². The van der Waals surface area contributed by atoms with E-state index in [1.165, 1.54) is 37.3 Å². The van der Waals surface area contributed by atoms with E-state index < -0.39 is 27.4 Å². The van der Waals surface area contributed by atoms with E-state index in [2.05, 4.69) is 61.4 Å². The molecular weight excluding hydrogens is 1240 g/mol. The molecule has 3 heterocycles. The molecule has 0 saturated carbocycles. The van der Waals surface area contributed by atoms with Crippen molar-refractivity contribution in [3.05, 3.63) is 279 Å². The highest BCUT2D eigenvalue weighted by Gasteiger charge is 2.41. The number of rotatable bonds is 19. The maximum absolute atomic E-state index is 13.7. The molecule has 19 nitrogen and oxygen atoms in total. The monoisotopic (exact) mass is 1310 g/mol. The fourth-order valence-corrected chi connectivity index (χ4v) is 12.9. The number of benzene rings is 7. The van der Waals surface area contributed by atoms with Gasteiger partial charge in [-0.15, -0.1) is 11.7 Å². The van der Waals surface area contributed by atoms with Gasteiger partial charge >= 0.3 is 5.97 Å². The second-order valence-electron chi connectivity index (χ2n) is 22.8. The number of nitrogens with one attached hydrogen (secondary N) is 3. The Morgan fingerprint density at radius 2 is 1.28 bits per heavy atom. The van der Waals surface area contributed by atoms with Crippen LogP contribution in [0.5, 0.6) is 5.88 Å². The van der Waals surface area contributed by atoms with E-state index in [0.29, 0.717) is 63.4 Å². The van der Waals surface area contributed by atoms with Crippen molar-refractivity contribution in [1.82, 2.24) is 13.9 Å². The van der Waals surface area contributed by atoms with E-state index in [4.69, 9.17) is 4.74 Å². The number of carbonyl (C=O) groups excluding carboxylic acids is 4. The number of aromatic nitrogens is 2. The van der Waals surface area contributed by atoms with E-state index in [-0.39, 0.29) is 64.5 Å². The van der Waals surface area contributed by atoms with Gasteiger partial charge in [0.05, 0.1) is 44.2 Å². The van der Waals surface area contributed by atoms with E-state index in [0.717, 1.165) is 84.4 Å². The molecule has 12 rings (SSSR count). The molecule has 0 bridgehead atoms. The third-order valence-electron chi connectivity index (χ3n) is 16.7. The lowest BCUT2D eigenvalue weighted by atomic mass is 9.78. The molecule has 2 aliphatic carbocycles. The number of carbonyl (C=O) groups is 4. The molecule has 20 heteroatoms. The Morgan fingerprint density at radius 3 is 1.85 bits per heavy atom. The molecule has 0 atom stereocenters. The number of esters is 1. The van der Waals surface area contributed by atoms with Crippen LogP contribution in [0.15, 0.2) is 227 Å². The Bertz CT molecular complexity index is 5090. The summed E-state index contributed by atoms with van der Waals surface area (Å²) in [4.78, 5) is 64.8. The van der Waals surface area contributed by atoms with Crippen LogP contribution in [0.3, 0.4) is 0 Å². The summed E-state index contributed by atoms with van der Waals surface area (Å²) in [6.45, 7) is 24.0. The highest BCUT2D eigenvalue weighted by atomic mass is 32.2. The summed E-state index contributed by atoms with van der Waals surface area (Å²) >= 11 is 0. The van der Waals surface area contributed by atoms with Crippen LogP contribution in [0, 0.1) is 32.1 Å². The Balaban J connectivity index is 0.000000159. The van der Waals surface area contributed by atoms with Crippen molar-refractivity contribution >= 4 is 101 Å². The van der Waals surface area contributed by atoms with Crippen molar-refractivity contribution in [1.29, 1.82) is 5.26 Å². The minimum Gasteiger partial charge on any atom is -0.871 e. The van der Waals surface area contributed by atoms with Gasteiger partial charge in [0.1, 0.15) is 18.2 Å². The zero-order valence-corrected chi connectivity index (χ0v) is 55.1. The summed E-state index contributed by atoms with van der Waals surface area (Å²) in [6, 6.07) is 49.0. The van der Waals surface area contributed by atoms with Gasteiger partial charge in [-0.2, -0.15) is 15.0 Å². The number of anilines is 4. The maximum atomic E-state index is 13.7. The van der Waals surface area contributed by atoms with Crippen LogP contribution in [0.25, 0.3) is 22.0 Å². The smallest absolute Gasteiger partial charge is 0.330 e. The zero-order chi connectivity index (χ0) is 69.4. The molecule has 97 heavy (non-hydrogen) atoms. The zero-order valence-electron chi connectivity index (χ0n) is 54.3. The quantitative estimate of drug-likeness (QED) is 0.0193. The van der Waals surface area contributed by atoms with Gasteiger partial charge in [-0.3, -0.25) is 23.7 Å². The first-order chi connectivity index (χ1) is 46.7. The van der Waals surface area contributed by atoms with Crippen molar-refractivity contribution in [2.24, 2.45) is 10.2 Å². The summed E-state index contributed by atoms with van der Waals surface area (Å²) in [5.74, 6) is -1.61. The third kappa shape index (κ3) is 13.5. The number of Topliss-reactive ketones (excluding diaryl/α,β-unsaturated/α-hetero) is 1. The van der Waals surface area contributed by atoms with E-state index >= 15 is 0 Å². The summed E-state index contributed by atoms with van der Waals surface area (Å²) in [7, 11) is -3.66. The van der Waals surface area contributed by atoms with Crippen molar-refractivity contribution in [2.75, 3.05) is 23.7 Å². The maximum Gasteiger partial charge on any atom is 0.330 e. The van der Waals surface area contributed by atoms with Gasteiger partial charge in [0.2, 0.25) is 21.6 Å². The minimum absolute atomic E-state index is 0.0401. The first-order valence-electron chi connectivity index (χ1n) is 31.2. The van der Waals surface area contributed by atoms with E-state index in [9.17, 15) is 47.9 Å². The molecule has 9 aromatic rings. The van der Waals surface area contributed by atoms with Gasteiger partial charge in [-0.05, 0) is 119 Å². The lowest BCUT2D eigenvalue weighted by molar-refractivity contribution is -0.424. The lowest BCUT2D eigenvalue weighted by Gasteiger charge is -2.32. The molecule has 488 valence electrons. The second kappa shape index (κ2) is 29.2. The number of azo groups is 1. The van der Waals surface area contributed by atoms with E-state index in [1.54, 1.807) is 30.3 Å². The molecule has 2 aromatic heterocycles. The first kappa shape index (κ1) is 68.0. The molecule has 0 saturated heterocycles. The number of pyridine rings is 1. The number of nitrogens with zero attached hydrogens (tertiary/aromatic N) is 6. The predicted molar refractivity (Wildman–Crippen MR) is 375 cm³/mol. The van der Waals surface area contributed by atoms with Crippen LogP contribution in [-0.4, -0.2) is 69.4 Å². The van der Waals surface area contributed by atoms with Crippen LogP contribution >= 0.6 is 0 Å². The summed E-state index contributed by atoms with van der Waals surface area (Å²) in [5.41, 5.74) is 12.9. The Morgan fingerprint density at radius 1 is 0.691 bits per heavy atom. The highest BCUT2D eigenvalue weighted by molar-refractivity contribution is 7.89. The Labute approximate surface area is 561 Å². The summed E-state index contributed by atoms with van der Waals surface area (Å²) < 4.78 is 36.9. The molecule has 3 aliphatic rings. The minimum atomic E-state index is -3.66. The number of allylic oxidation sites excluding steroid dienone is 3. The van der Waals surface area contributed by atoms with Gasteiger partial charge in [0.25, 0.3) is 5.56 Å². The van der Waals surface area contributed by atoms with Gasteiger partial charge in [0, 0.05) is 100 Å². The molecule has 0 unspecified atom stereocenters. The van der Waals surface area contributed by atoms with Gasteiger partial charge in [-0.25, -0.2) is 17.9 Å². The van der Waals surface area contributed by atoms with Crippen LogP contribution in [0.2, 0.25) is 0 Å². The van der Waals surface area contributed by atoms with E-state index in [1.807, 2.05) is 143 Å². The highest BCUT2D eigenvalue weighted by Crippen LogP contribution is 2.47. The third-order valence-corrected chi connectivity index (χ3v) is 18.2. The summed E-state index contributed by atoms with van der Waals surface area (Å²) in [5, 5.41) is 48.5. The average molecular weight is 1310 g/mol. The number of para-hydroxylation sites is 2. The number of nitriles is 1. The Hall–Kier alpha value is -11.9. The van der Waals surface area contributed by atoms with Crippen molar-refractivity contribution in [2.45, 2.75) is 72.6 Å². The van der Waals surface area contributed by atoms with Gasteiger partial charge in [-0.1, -0.05) is 116 Å².